The normalized spacial score (nSPS) is 12.5. The number of rotatable bonds is 8. The van der Waals surface area contributed by atoms with Crippen LogP contribution in [0.1, 0.15) is 32.6 Å². The molecule has 0 spiro atoms. The van der Waals surface area contributed by atoms with E-state index in [1.807, 2.05) is 13.0 Å². The second-order valence-electron chi connectivity index (χ2n) is 3.48. The highest BCUT2D eigenvalue weighted by Crippen LogP contribution is 2.07. The monoisotopic (exact) mass is 184 g/mol. The number of methoxy groups -OCH3 is 1. The van der Waals surface area contributed by atoms with E-state index in [4.69, 9.17) is 4.74 Å². The Morgan fingerprint density at radius 3 is 2.85 bits per heavy atom. The third-order valence-electron chi connectivity index (χ3n) is 1.89. The lowest BCUT2D eigenvalue weighted by molar-refractivity contribution is -0.120. The van der Waals surface area contributed by atoms with Crippen LogP contribution in [0.2, 0.25) is 0 Å². The van der Waals surface area contributed by atoms with Crippen LogP contribution in [-0.2, 0) is 9.53 Å². The van der Waals surface area contributed by atoms with Crippen molar-refractivity contribution in [1.29, 1.82) is 0 Å². The van der Waals surface area contributed by atoms with Gasteiger partial charge in [0.1, 0.15) is 5.78 Å². The molecule has 2 nitrogen and oxygen atoms in total. The van der Waals surface area contributed by atoms with Crippen molar-refractivity contribution in [3.05, 3.63) is 12.7 Å². The Kier molecular flexibility index (Phi) is 7.60. The molecule has 76 valence electrons. The van der Waals surface area contributed by atoms with Crippen molar-refractivity contribution in [2.45, 2.75) is 32.6 Å². The summed E-state index contributed by atoms with van der Waals surface area (Å²) < 4.78 is 4.96. The maximum atomic E-state index is 11.3. The highest BCUT2D eigenvalue weighted by atomic mass is 16.5. The molecule has 0 aliphatic heterocycles. The molecule has 0 N–H and O–H groups in total. The van der Waals surface area contributed by atoms with Gasteiger partial charge in [-0.3, -0.25) is 4.79 Å². The number of carbonyl (C=O) groups excluding carboxylic acids is 1. The molecule has 1 atom stereocenters. The molecule has 2 heteroatoms. The number of hydrogen-bond donors (Lipinski definition) is 0. The highest BCUT2D eigenvalue weighted by Gasteiger charge is 2.07. The fraction of sp³-hybridized carbons (Fsp3) is 0.727. The van der Waals surface area contributed by atoms with Crippen LogP contribution in [0, 0.1) is 5.92 Å². The van der Waals surface area contributed by atoms with E-state index in [2.05, 4.69) is 6.58 Å². The van der Waals surface area contributed by atoms with E-state index in [9.17, 15) is 4.79 Å². The van der Waals surface area contributed by atoms with Gasteiger partial charge in [-0.05, 0) is 18.8 Å². The second-order valence-corrected chi connectivity index (χ2v) is 3.48. The number of carbonyl (C=O) groups is 1. The summed E-state index contributed by atoms with van der Waals surface area (Å²) in [6.07, 6.45) is 5.04. The Morgan fingerprint density at radius 2 is 2.31 bits per heavy atom. The molecule has 0 bridgehead atoms. The maximum Gasteiger partial charge on any atom is 0.133 e. The van der Waals surface area contributed by atoms with Crippen LogP contribution < -0.4 is 0 Å². The fourth-order valence-corrected chi connectivity index (χ4v) is 1.28. The van der Waals surface area contributed by atoms with Gasteiger partial charge in [0, 0.05) is 26.6 Å². The third-order valence-corrected chi connectivity index (χ3v) is 1.89. The van der Waals surface area contributed by atoms with E-state index in [0.717, 1.165) is 12.8 Å². The molecule has 0 heterocycles. The molecular formula is C11H20O2. The quantitative estimate of drug-likeness (QED) is 0.428. The van der Waals surface area contributed by atoms with Crippen LogP contribution >= 0.6 is 0 Å². The van der Waals surface area contributed by atoms with Gasteiger partial charge in [-0.25, -0.2) is 0 Å². The third kappa shape index (κ3) is 7.72. The van der Waals surface area contributed by atoms with Gasteiger partial charge in [0.25, 0.3) is 0 Å². The van der Waals surface area contributed by atoms with Gasteiger partial charge in [0.15, 0.2) is 0 Å². The highest BCUT2D eigenvalue weighted by molar-refractivity contribution is 5.78. The molecule has 0 radical (unpaired) electrons. The minimum absolute atomic E-state index is 0.339. The zero-order chi connectivity index (χ0) is 10.1. The summed E-state index contributed by atoms with van der Waals surface area (Å²) in [5.74, 6) is 0.688. The summed E-state index contributed by atoms with van der Waals surface area (Å²) in [6, 6.07) is 0. The Morgan fingerprint density at radius 1 is 1.62 bits per heavy atom. The minimum atomic E-state index is 0.339. The SMILES string of the molecule is C=CCCCC(=O)CC(C)COC. The molecule has 0 aliphatic rings. The Hall–Kier alpha value is -0.630. The van der Waals surface area contributed by atoms with Crippen molar-refractivity contribution in [1.82, 2.24) is 0 Å². The number of ether oxygens (including phenoxy) is 1. The number of ketones is 1. The topological polar surface area (TPSA) is 26.3 Å². The molecular weight excluding hydrogens is 164 g/mol. The van der Waals surface area contributed by atoms with Gasteiger partial charge in [0.2, 0.25) is 0 Å². The second kappa shape index (κ2) is 7.99. The molecule has 0 rings (SSSR count). The number of allylic oxidation sites excluding steroid dienone is 1. The first kappa shape index (κ1) is 12.4. The van der Waals surface area contributed by atoms with E-state index in [0.29, 0.717) is 31.1 Å². The zero-order valence-electron chi connectivity index (χ0n) is 8.71. The Balaban J connectivity index is 3.43. The van der Waals surface area contributed by atoms with Gasteiger partial charge in [-0.15, -0.1) is 6.58 Å². The summed E-state index contributed by atoms with van der Waals surface area (Å²) in [4.78, 5) is 11.3. The molecule has 0 aliphatic carbocycles. The van der Waals surface area contributed by atoms with Crippen molar-refractivity contribution < 1.29 is 9.53 Å². The van der Waals surface area contributed by atoms with Gasteiger partial charge in [0.05, 0.1) is 0 Å². The average Bonchev–Trinajstić information content (AvgIpc) is 2.05. The molecule has 0 aromatic carbocycles. The Labute approximate surface area is 81.0 Å². The van der Waals surface area contributed by atoms with Gasteiger partial charge < -0.3 is 4.74 Å². The van der Waals surface area contributed by atoms with Crippen LogP contribution in [0.25, 0.3) is 0 Å². The molecule has 13 heavy (non-hydrogen) atoms. The summed E-state index contributed by atoms with van der Waals surface area (Å²) in [5.41, 5.74) is 0. The average molecular weight is 184 g/mol. The van der Waals surface area contributed by atoms with E-state index in [-0.39, 0.29) is 0 Å². The standard InChI is InChI=1S/C11H20O2/c1-4-5-6-7-11(12)8-10(2)9-13-3/h4,10H,1,5-9H2,2-3H3. The molecule has 1 unspecified atom stereocenters. The number of unbranched alkanes of at least 4 members (excludes halogenated alkanes) is 1. The zero-order valence-corrected chi connectivity index (χ0v) is 8.71. The summed E-state index contributed by atoms with van der Waals surface area (Å²) >= 11 is 0. The van der Waals surface area contributed by atoms with Gasteiger partial charge >= 0.3 is 0 Å². The van der Waals surface area contributed by atoms with Crippen molar-refractivity contribution in [2.75, 3.05) is 13.7 Å². The summed E-state index contributed by atoms with van der Waals surface area (Å²) in [6.45, 7) is 6.33. The number of hydrogen-bond acceptors (Lipinski definition) is 2. The number of Topliss-reactive ketones (excluding diaryl/α,β-unsaturated/α-hetero) is 1. The molecule has 0 saturated heterocycles. The molecule has 0 aromatic heterocycles. The van der Waals surface area contributed by atoms with E-state index >= 15 is 0 Å². The van der Waals surface area contributed by atoms with Crippen molar-refractivity contribution in [3.63, 3.8) is 0 Å². The van der Waals surface area contributed by atoms with E-state index < -0.39 is 0 Å². The van der Waals surface area contributed by atoms with Crippen LogP contribution in [0.5, 0.6) is 0 Å². The summed E-state index contributed by atoms with van der Waals surface area (Å²) in [5, 5.41) is 0. The minimum Gasteiger partial charge on any atom is -0.384 e. The van der Waals surface area contributed by atoms with E-state index in [1.165, 1.54) is 0 Å². The largest absolute Gasteiger partial charge is 0.384 e. The first-order chi connectivity index (χ1) is 6.20. The lowest BCUT2D eigenvalue weighted by Crippen LogP contribution is -2.10. The smallest absolute Gasteiger partial charge is 0.133 e. The Bertz CT molecular complexity index is 152. The lowest BCUT2D eigenvalue weighted by Gasteiger charge is -2.08. The molecule has 0 aromatic rings. The van der Waals surface area contributed by atoms with Crippen LogP contribution in [0.4, 0.5) is 0 Å². The van der Waals surface area contributed by atoms with Crippen molar-refractivity contribution in [2.24, 2.45) is 5.92 Å². The summed E-state index contributed by atoms with van der Waals surface area (Å²) in [7, 11) is 1.67. The van der Waals surface area contributed by atoms with Crippen LogP contribution in [-0.4, -0.2) is 19.5 Å². The van der Waals surface area contributed by atoms with Crippen molar-refractivity contribution in [3.8, 4) is 0 Å². The molecule has 0 fully saturated rings. The van der Waals surface area contributed by atoms with Crippen LogP contribution in [0.15, 0.2) is 12.7 Å². The molecule has 0 amide bonds. The van der Waals surface area contributed by atoms with Gasteiger partial charge in [-0.1, -0.05) is 13.0 Å². The predicted molar refractivity (Wildman–Crippen MR) is 54.7 cm³/mol. The fourth-order valence-electron chi connectivity index (χ4n) is 1.28. The molecule has 0 saturated carbocycles. The first-order valence-electron chi connectivity index (χ1n) is 4.82. The lowest BCUT2D eigenvalue weighted by atomic mass is 10.0. The predicted octanol–water partition coefficient (Wildman–Crippen LogP) is 2.58. The van der Waals surface area contributed by atoms with Gasteiger partial charge in [-0.2, -0.15) is 0 Å². The maximum absolute atomic E-state index is 11.3. The van der Waals surface area contributed by atoms with Crippen LogP contribution in [0.3, 0.4) is 0 Å². The van der Waals surface area contributed by atoms with E-state index in [1.54, 1.807) is 7.11 Å². The first-order valence-corrected chi connectivity index (χ1v) is 4.82. The van der Waals surface area contributed by atoms with Crippen molar-refractivity contribution >= 4 is 5.78 Å².